The molecule has 2 N–H and O–H groups in total. The molecule has 0 aliphatic carbocycles. The molecule has 2 aromatic rings. The fourth-order valence-electron chi connectivity index (χ4n) is 1.91. The van der Waals surface area contributed by atoms with E-state index in [9.17, 15) is 18.0 Å². The number of aromatic carboxylic acids is 1. The van der Waals surface area contributed by atoms with E-state index in [-0.39, 0.29) is 22.7 Å². The number of methoxy groups -OCH3 is 1. The maximum atomic E-state index is 12.8. The van der Waals surface area contributed by atoms with Crippen LogP contribution >= 0.6 is 0 Å². The Balaban J connectivity index is 2.47. The minimum atomic E-state index is -4.50. The number of carboxylic acid groups (broad SMARTS) is 1. The number of nitrogens with one attached hydrogen (secondary N) is 1. The van der Waals surface area contributed by atoms with Gasteiger partial charge in [0.15, 0.2) is 0 Å². The average Bonchev–Trinajstić information content (AvgIpc) is 2.46. The van der Waals surface area contributed by atoms with Gasteiger partial charge < -0.3 is 15.2 Å². The van der Waals surface area contributed by atoms with Crippen molar-refractivity contribution in [3.63, 3.8) is 0 Å². The van der Waals surface area contributed by atoms with Gasteiger partial charge in [0, 0.05) is 0 Å². The highest BCUT2D eigenvalue weighted by atomic mass is 19.4. The van der Waals surface area contributed by atoms with Crippen LogP contribution in [0.3, 0.4) is 0 Å². The van der Waals surface area contributed by atoms with Crippen molar-refractivity contribution in [3.8, 4) is 5.75 Å². The van der Waals surface area contributed by atoms with Crippen LogP contribution in [0.15, 0.2) is 42.5 Å². The second-order valence-electron chi connectivity index (χ2n) is 4.39. The van der Waals surface area contributed by atoms with Crippen molar-refractivity contribution in [1.82, 2.24) is 0 Å². The first-order valence-corrected chi connectivity index (χ1v) is 6.17. The lowest BCUT2D eigenvalue weighted by Crippen LogP contribution is -2.07. The summed E-state index contributed by atoms with van der Waals surface area (Å²) < 4.78 is 43.4. The Labute approximate surface area is 124 Å². The molecule has 0 radical (unpaired) electrons. The lowest BCUT2D eigenvalue weighted by atomic mass is 10.1. The molecule has 116 valence electrons. The second-order valence-corrected chi connectivity index (χ2v) is 4.39. The molecule has 0 saturated heterocycles. The monoisotopic (exact) mass is 311 g/mol. The Bertz CT molecular complexity index is 699. The minimum absolute atomic E-state index is 0.0334. The quantitative estimate of drug-likeness (QED) is 0.890. The summed E-state index contributed by atoms with van der Waals surface area (Å²) in [6.45, 7) is 0. The van der Waals surface area contributed by atoms with E-state index in [0.717, 1.165) is 12.1 Å². The molecule has 0 spiro atoms. The third kappa shape index (κ3) is 3.30. The lowest BCUT2D eigenvalue weighted by molar-refractivity contribution is -0.137. The van der Waals surface area contributed by atoms with Crippen molar-refractivity contribution in [2.24, 2.45) is 0 Å². The number of benzene rings is 2. The van der Waals surface area contributed by atoms with E-state index in [4.69, 9.17) is 9.84 Å². The van der Waals surface area contributed by atoms with Crippen LogP contribution in [0.4, 0.5) is 24.5 Å². The third-order valence-electron chi connectivity index (χ3n) is 2.95. The molecule has 0 bridgehead atoms. The zero-order valence-electron chi connectivity index (χ0n) is 11.4. The summed E-state index contributed by atoms with van der Waals surface area (Å²) >= 11 is 0. The van der Waals surface area contributed by atoms with Crippen molar-refractivity contribution >= 4 is 17.3 Å². The van der Waals surface area contributed by atoms with Crippen molar-refractivity contribution < 1.29 is 27.8 Å². The van der Waals surface area contributed by atoms with Gasteiger partial charge in [-0.2, -0.15) is 13.2 Å². The number of ether oxygens (including phenoxy) is 1. The summed E-state index contributed by atoms with van der Waals surface area (Å²) in [7, 11) is 1.32. The fraction of sp³-hybridized carbons (Fsp3) is 0.133. The molecular formula is C15H12F3NO3. The Morgan fingerprint density at radius 1 is 1.14 bits per heavy atom. The number of para-hydroxylation sites is 1. The first-order chi connectivity index (χ1) is 10.3. The number of carboxylic acids is 1. The Morgan fingerprint density at radius 3 is 2.41 bits per heavy atom. The van der Waals surface area contributed by atoms with Crippen molar-refractivity contribution in [2.45, 2.75) is 6.18 Å². The molecule has 0 saturated carbocycles. The SMILES string of the molecule is COc1ccc(C(F)(F)F)cc1Nc1ccccc1C(=O)O. The highest BCUT2D eigenvalue weighted by Crippen LogP contribution is 2.36. The molecule has 7 heteroatoms. The summed E-state index contributed by atoms with van der Waals surface area (Å²) in [6.07, 6.45) is -4.50. The zero-order chi connectivity index (χ0) is 16.3. The van der Waals surface area contributed by atoms with Crippen LogP contribution in [0.1, 0.15) is 15.9 Å². The van der Waals surface area contributed by atoms with Gasteiger partial charge in [0.2, 0.25) is 0 Å². The first kappa shape index (κ1) is 15.7. The molecule has 0 atom stereocenters. The van der Waals surface area contributed by atoms with Gasteiger partial charge in [0.25, 0.3) is 0 Å². The number of rotatable bonds is 4. The Kier molecular flexibility index (Phi) is 4.25. The summed E-state index contributed by atoms with van der Waals surface area (Å²) in [5.74, 6) is -1.01. The highest BCUT2D eigenvalue weighted by molar-refractivity contribution is 5.95. The molecule has 0 unspecified atom stereocenters. The molecule has 0 aliphatic rings. The van der Waals surface area contributed by atoms with Crippen molar-refractivity contribution in [1.29, 1.82) is 0 Å². The Morgan fingerprint density at radius 2 is 1.82 bits per heavy atom. The van der Waals surface area contributed by atoms with Gasteiger partial charge in [-0.25, -0.2) is 4.79 Å². The summed E-state index contributed by atoms with van der Waals surface area (Å²) in [6, 6.07) is 8.86. The minimum Gasteiger partial charge on any atom is -0.495 e. The number of hydrogen-bond donors (Lipinski definition) is 2. The van der Waals surface area contributed by atoms with Crippen LogP contribution in [0.25, 0.3) is 0 Å². The van der Waals surface area contributed by atoms with Gasteiger partial charge >= 0.3 is 12.1 Å². The molecule has 0 fully saturated rings. The van der Waals surface area contributed by atoms with Crippen LogP contribution in [-0.2, 0) is 6.18 Å². The number of hydrogen-bond acceptors (Lipinski definition) is 3. The summed E-state index contributed by atoms with van der Waals surface area (Å²) in [5.41, 5.74) is -0.704. The van der Waals surface area contributed by atoms with Gasteiger partial charge in [-0.1, -0.05) is 12.1 Å². The fourth-order valence-corrected chi connectivity index (χ4v) is 1.91. The number of halogens is 3. The summed E-state index contributed by atoms with van der Waals surface area (Å²) in [4.78, 5) is 11.1. The van der Waals surface area contributed by atoms with Crippen LogP contribution in [0.5, 0.6) is 5.75 Å². The lowest BCUT2D eigenvalue weighted by Gasteiger charge is -2.15. The summed E-state index contributed by atoms with van der Waals surface area (Å²) in [5, 5.41) is 11.8. The smallest absolute Gasteiger partial charge is 0.416 e. The van der Waals surface area contributed by atoms with Crippen LogP contribution in [0.2, 0.25) is 0 Å². The number of anilines is 2. The van der Waals surface area contributed by atoms with E-state index in [1.165, 1.54) is 31.4 Å². The van der Waals surface area contributed by atoms with E-state index in [2.05, 4.69) is 5.32 Å². The van der Waals surface area contributed by atoms with Crippen LogP contribution < -0.4 is 10.1 Å². The topological polar surface area (TPSA) is 58.6 Å². The standard InChI is InChI=1S/C15H12F3NO3/c1-22-13-7-6-9(15(16,17)18)8-12(13)19-11-5-3-2-4-10(11)14(20)21/h2-8,19H,1H3,(H,20,21). The maximum absolute atomic E-state index is 12.8. The second kappa shape index (κ2) is 5.97. The van der Waals surface area contributed by atoms with Crippen LogP contribution in [-0.4, -0.2) is 18.2 Å². The van der Waals surface area contributed by atoms with Gasteiger partial charge in [0.1, 0.15) is 5.75 Å². The first-order valence-electron chi connectivity index (χ1n) is 6.17. The van der Waals surface area contributed by atoms with Crippen molar-refractivity contribution in [3.05, 3.63) is 53.6 Å². The van der Waals surface area contributed by atoms with E-state index in [1.54, 1.807) is 6.07 Å². The molecule has 2 rings (SSSR count). The highest BCUT2D eigenvalue weighted by Gasteiger charge is 2.31. The van der Waals surface area contributed by atoms with E-state index >= 15 is 0 Å². The molecule has 22 heavy (non-hydrogen) atoms. The molecule has 4 nitrogen and oxygen atoms in total. The normalized spacial score (nSPS) is 11.1. The molecule has 0 aromatic heterocycles. The van der Waals surface area contributed by atoms with E-state index in [1.807, 2.05) is 0 Å². The van der Waals surface area contributed by atoms with Gasteiger partial charge in [0.05, 0.1) is 29.6 Å². The molecule has 0 aliphatic heterocycles. The predicted molar refractivity (Wildman–Crippen MR) is 74.7 cm³/mol. The molecular weight excluding hydrogens is 299 g/mol. The van der Waals surface area contributed by atoms with Gasteiger partial charge in [-0.15, -0.1) is 0 Å². The average molecular weight is 311 g/mol. The molecule has 2 aromatic carbocycles. The predicted octanol–water partition coefficient (Wildman–Crippen LogP) is 4.16. The van der Waals surface area contributed by atoms with E-state index < -0.39 is 17.7 Å². The van der Waals surface area contributed by atoms with Crippen molar-refractivity contribution in [2.75, 3.05) is 12.4 Å². The third-order valence-corrected chi connectivity index (χ3v) is 2.95. The molecule has 0 amide bonds. The number of carbonyl (C=O) groups is 1. The van der Waals surface area contributed by atoms with E-state index in [0.29, 0.717) is 0 Å². The largest absolute Gasteiger partial charge is 0.495 e. The maximum Gasteiger partial charge on any atom is 0.416 e. The Hall–Kier alpha value is -2.70. The van der Waals surface area contributed by atoms with Gasteiger partial charge in [-0.05, 0) is 30.3 Å². The molecule has 0 heterocycles. The van der Waals surface area contributed by atoms with Crippen LogP contribution in [0, 0.1) is 0 Å². The van der Waals surface area contributed by atoms with Gasteiger partial charge in [-0.3, -0.25) is 0 Å². The number of alkyl halides is 3. The zero-order valence-corrected chi connectivity index (χ0v) is 11.4.